The summed E-state index contributed by atoms with van der Waals surface area (Å²) in [6.45, 7) is 2.43. The summed E-state index contributed by atoms with van der Waals surface area (Å²) in [5.41, 5.74) is 1.70. The van der Waals surface area contributed by atoms with Crippen LogP contribution in [0.15, 0.2) is 65.7 Å². The summed E-state index contributed by atoms with van der Waals surface area (Å²) >= 11 is 0. The van der Waals surface area contributed by atoms with E-state index < -0.39 is 0 Å². The predicted octanol–water partition coefficient (Wildman–Crippen LogP) is 3.84. The number of nitrogens with zero attached hydrogens (tertiary/aromatic N) is 2. The zero-order valence-electron chi connectivity index (χ0n) is 16.9. The number of carbonyl (C=O) groups excluding carboxylic acids is 1. The van der Waals surface area contributed by atoms with Gasteiger partial charge in [-0.05, 0) is 35.7 Å². The first-order chi connectivity index (χ1) is 14.7. The second-order valence-corrected chi connectivity index (χ2v) is 6.94. The monoisotopic (exact) mass is 404 g/mol. The highest BCUT2D eigenvalue weighted by Gasteiger charge is 2.17. The van der Waals surface area contributed by atoms with Gasteiger partial charge in [-0.1, -0.05) is 30.3 Å². The summed E-state index contributed by atoms with van der Waals surface area (Å²) in [6.07, 6.45) is 1.79. The van der Waals surface area contributed by atoms with Gasteiger partial charge in [0, 0.05) is 30.3 Å². The molecule has 4 rings (SSSR count). The molecule has 6 heteroatoms. The molecule has 0 saturated carbocycles. The van der Waals surface area contributed by atoms with E-state index in [1.807, 2.05) is 48.5 Å². The average Bonchev–Trinajstić information content (AvgIpc) is 2.82. The zero-order chi connectivity index (χ0) is 20.8. The van der Waals surface area contributed by atoms with Crippen LogP contribution in [-0.4, -0.2) is 57.0 Å². The van der Waals surface area contributed by atoms with Gasteiger partial charge in [0.05, 0.1) is 26.0 Å². The van der Waals surface area contributed by atoms with Crippen LogP contribution in [-0.2, 0) is 9.53 Å². The molecule has 1 saturated heterocycles. The largest absolute Gasteiger partial charge is 0.495 e. The number of carbonyl (C=O) groups is 1. The minimum absolute atomic E-state index is 0.0243. The standard InChI is InChI=1S/C24H24N2O4/c1-28-24-19(7-6-18-4-2-3-5-22(18)24)16-25-20-8-10-21(11-9-20)30-17-23(27)26-12-14-29-15-13-26/h2-11,16H,12-15,17H2,1H3. The number of methoxy groups -OCH3 is 1. The Balaban J connectivity index is 1.40. The molecule has 0 spiro atoms. The van der Waals surface area contributed by atoms with Crippen LogP contribution in [0.2, 0.25) is 0 Å². The minimum atomic E-state index is -0.0243. The Morgan fingerprint density at radius 2 is 1.83 bits per heavy atom. The van der Waals surface area contributed by atoms with Crippen molar-refractivity contribution in [1.82, 2.24) is 4.90 Å². The van der Waals surface area contributed by atoms with Gasteiger partial charge in [-0.25, -0.2) is 0 Å². The second kappa shape index (κ2) is 9.41. The Kier molecular flexibility index (Phi) is 6.25. The maximum atomic E-state index is 12.2. The number of fused-ring (bicyclic) bond motifs is 1. The second-order valence-electron chi connectivity index (χ2n) is 6.94. The topological polar surface area (TPSA) is 60.4 Å². The summed E-state index contributed by atoms with van der Waals surface area (Å²) in [5.74, 6) is 1.42. The Hall–Kier alpha value is -3.38. The van der Waals surface area contributed by atoms with E-state index >= 15 is 0 Å². The van der Waals surface area contributed by atoms with Crippen LogP contribution >= 0.6 is 0 Å². The van der Waals surface area contributed by atoms with E-state index in [1.165, 1.54) is 0 Å². The highest BCUT2D eigenvalue weighted by Crippen LogP contribution is 2.29. The lowest BCUT2D eigenvalue weighted by Crippen LogP contribution is -2.42. The molecule has 0 N–H and O–H groups in total. The van der Waals surface area contributed by atoms with Crippen molar-refractivity contribution in [2.24, 2.45) is 4.99 Å². The highest BCUT2D eigenvalue weighted by molar-refractivity contribution is 5.98. The molecule has 0 unspecified atom stereocenters. The molecule has 0 aliphatic carbocycles. The third-order valence-corrected chi connectivity index (χ3v) is 5.03. The number of hydrogen-bond donors (Lipinski definition) is 0. The lowest BCUT2D eigenvalue weighted by atomic mass is 10.1. The summed E-state index contributed by atoms with van der Waals surface area (Å²) in [6, 6.07) is 19.5. The number of amides is 1. The molecule has 1 heterocycles. The third kappa shape index (κ3) is 4.60. The Labute approximate surface area is 175 Å². The van der Waals surface area contributed by atoms with Crippen molar-refractivity contribution in [3.8, 4) is 11.5 Å². The van der Waals surface area contributed by atoms with E-state index in [9.17, 15) is 4.79 Å². The van der Waals surface area contributed by atoms with Gasteiger partial charge in [0.25, 0.3) is 5.91 Å². The van der Waals surface area contributed by atoms with E-state index in [1.54, 1.807) is 18.2 Å². The first-order valence-electron chi connectivity index (χ1n) is 9.93. The average molecular weight is 404 g/mol. The zero-order valence-corrected chi connectivity index (χ0v) is 16.9. The number of aliphatic imine (C=N–C) groups is 1. The molecular formula is C24H24N2O4. The van der Waals surface area contributed by atoms with E-state index in [2.05, 4.69) is 17.1 Å². The molecule has 6 nitrogen and oxygen atoms in total. The first-order valence-corrected chi connectivity index (χ1v) is 9.93. The van der Waals surface area contributed by atoms with Crippen molar-refractivity contribution >= 4 is 28.6 Å². The molecule has 1 aliphatic rings. The quantitative estimate of drug-likeness (QED) is 0.586. The van der Waals surface area contributed by atoms with Crippen LogP contribution in [0.5, 0.6) is 11.5 Å². The molecule has 1 aliphatic heterocycles. The molecular weight excluding hydrogens is 380 g/mol. The van der Waals surface area contributed by atoms with Gasteiger partial charge in [0.15, 0.2) is 6.61 Å². The van der Waals surface area contributed by atoms with Crippen molar-refractivity contribution in [2.45, 2.75) is 0 Å². The molecule has 3 aromatic rings. The number of benzene rings is 3. The molecule has 1 fully saturated rings. The van der Waals surface area contributed by atoms with Gasteiger partial charge in [-0.3, -0.25) is 9.79 Å². The SMILES string of the molecule is COc1c(C=Nc2ccc(OCC(=O)N3CCOCC3)cc2)ccc2ccccc12. The predicted molar refractivity (Wildman–Crippen MR) is 117 cm³/mol. The molecule has 154 valence electrons. The molecule has 0 aromatic heterocycles. The lowest BCUT2D eigenvalue weighted by Gasteiger charge is -2.26. The fraction of sp³-hybridized carbons (Fsp3) is 0.250. The van der Waals surface area contributed by atoms with Crippen molar-refractivity contribution in [2.75, 3.05) is 40.0 Å². The Bertz CT molecular complexity index is 1040. The number of rotatable bonds is 6. The van der Waals surface area contributed by atoms with Crippen molar-refractivity contribution in [3.63, 3.8) is 0 Å². The summed E-state index contributed by atoms with van der Waals surface area (Å²) in [5, 5.41) is 2.18. The normalized spacial score (nSPS) is 14.2. The third-order valence-electron chi connectivity index (χ3n) is 5.03. The number of hydrogen-bond acceptors (Lipinski definition) is 5. The maximum Gasteiger partial charge on any atom is 0.260 e. The van der Waals surface area contributed by atoms with Crippen LogP contribution in [0.25, 0.3) is 10.8 Å². The molecule has 0 radical (unpaired) electrons. The first kappa shape index (κ1) is 19.9. The molecule has 0 bridgehead atoms. The van der Waals surface area contributed by atoms with Gasteiger partial charge in [-0.2, -0.15) is 0 Å². The fourth-order valence-electron chi connectivity index (χ4n) is 3.41. The van der Waals surface area contributed by atoms with E-state index in [0.29, 0.717) is 32.1 Å². The minimum Gasteiger partial charge on any atom is -0.495 e. The molecule has 3 aromatic carbocycles. The van der Waals surface area contributed by atoms with Crippen LogP contribution in [0, 0.1) is 0 Å². The van der Waals surface area contributed by atoms with Gasteiger partial charge < -0.3 is 19.1 Å². The Morgan fingerprint density at radius 3 is 2.60 bits per heavy atom. The van der Waals surface area contributed by atoms with E-state index in [0.717, 1.165) is 27.8 Å². The lowest BCUT2D eigenvalue weighted by molar-refractivity contribution is -0.137. The van der Waals surface area contributed by atoms with Gasteiger partial charge in [-0.15, -0.1) is 0 Å². The summed E-state index contributed by atoms with van der Waals surface area (Å²) in [4.78, 5) is 18.5. The van der Waals surface area contributed by atoms with Gasteiger partial charge >= 0.3 is 0 Å². The fourth-order valence-corrected chi connectivity index (χ4v) is 3.41. The van der Waals surface area contributed by atoms with Crippen LogP contribution < -0.4 is 9.47 Å². The van der Waals surface area contributed by atoms with Crippen molar-refractivity contribution in [3.05, 3.63) is 66.2 Å². The smallest absolute Gasteiger partial charge is 0.260 e. The molecule has 30 heavy (non-hydrogen) atoms. The van der Waals surface area contributed by atoms with Crippen LogP contribution in [0.4, 0.5) is 5.69 Å². The number of morpholine rings is 1. The van der Waals surface area contributed by atoms with Crippen molar-refractivity contribution in [1.29, 1.82) is 0 Å². The molecule has 1 amide bonds. The van der Waals surface area contributed by atoms with E-state index in [-0.39, 0.29) is 12.5 Å². The van der Waals surface area contributed by atoms with Crippen LogP contribution in [0.1, 0.15) is 5.56 Å². The molecule has 0 atom stereocenters. The van der Waals surface area contributed by atoms with Crippen LogP contribution in [0.3, 0.4) is 0 Å². The Morgan fingerprint density at radius 1 is 1.07 bits per heavy atom. The summed E-state index contributed by atoms with van der Waals surface area (Å²) in [7, 11) is 1.67. The van der Waals surface area contributed by atoms with Gasteiger partial charge in [0.1, 0.15) is 11.5 Å². The summed E-state index contributed by atoms with van der Waals surface area (Å²) < 4.78 is 16.5. The maximum absolute atomic E-state index is 12.2. The van der Waals surface area contributed by atoms with E-state index in [4.69, 9.17) is 14.2 Å². The number of ether oxygens (including phenoxy) is 3. The van der Waals surface area contributed by atoms with Gasteiger partial charge in [0.2, 0.25) is 0 Å². The van der Waals surface area contributed by atoms with Crippen molar-refractivity contribution < 1.29 is 19.0 Å². The highest BCUT2D eigenvalue weighted by atomic mass is 16.5.